The van der Waals surface area contributed by atoms with Crippen molar-refractivity contribution in [1.82, 2.24) is 10.2 Å². The highest BCUT2D eigenvalue weighted by atomic mass is 32.2. The number of hydrogen-bond acceptors (Lipinski definition) is 6. The van der Waals surface area contributed by atoms with Crippen LogP contribution in [0.2, 0.25) is 0 Å². The maximum atomic E-state index is 13.1. The molecule has 7 nitrogen and oxygen atoms in total. The van der Waals surface area contributed by atoms with E-state index in [0.717, 1.165) is 16.7 Å². The molecule has 2 aromatic rings. The van der Waals surface area contributed by atoms with Gasteiger partial charge in [-0.3, -0.25) is 14.5 Å². The van der Waals surface area contributed by atoms with E-state index in [1.807, 2.05) is 61.5 Å². The molecule has 2 unspecified atom stereocenters. The minimum Gasteiger partial charge on any atom is -0.497 e. The molecule has 0 saturated carbocycles. The van der Waals surface area contributed by atoms with Crippen molar-refractivity contribution in [3.05, 3.63) is 89.1 Å². The van der Waals surface area contributed by atoms with Gasteiger partial charge >= 0.3 is 5.97 Å². The number of β-lactam (4-membered cyclic amide) rings is 1. The second-order valence-electron chi connectivity index (χ2n) is 7.92. The molecule has 1 saturated heterocycles. The van der Waals surface area contributed by atoms with Gasteiger partial charge in [0.05, 0.1) is 13.5 Å². The average molecular weight is 479 g/mol. The number of methoxy groups -OCH3 is 1. The molecule has 0 radical (unpaired) electrons. The Morgan fingerprint density at radius 3 is 2.53 bits per heavy atom. The first-order valence-corrected chi connectivity index (χ1v) is 12.0. The van der Waals surface area contributed by atoms with E-state index >= 15 is 0 Å². The molecule has 2 atom stereocenters. The Labute approximate surface area is 202 Å². The number of thioether (sulfide) groups is 1. The molecule has 1 N–H and O–H groups in total. The number of ether oxygens (including phenoxy) is 2. The van der Waals surface area contributed by atoms with Crippen LogP contribution in [0.25, 0.3) is 0 Å². The van der Waals surface area contributed by atoms with Gasteiger partial charge in [-0.1, -0.05) is 54.6 Å². The van der Waals surface area contributed by atoms with Gasteiger partial charge in [-0.2, -0.15) is 0 Å². The van der Waals surface area contributed by atoms with Crippen molar-refractivity contribution in [2.24, 2.45) is 0 Å². The molecule has 34 heavy (non-hydrogen) atoms. The monoisotopic (exact) mass is 478 g/mol. The van der Waals surface area contributed by atoms with Crippen LogP contribution >= 0.6 is 11.8 Å². The average Bonchev–Trinajstić information content (AvgIpc) is 2.86. The molecule has 2 aliphatic rings. The maximum absolute atomic E-state index is 13.1. The predicted octanol–water partition coefficient (Wildman–Crippen LogP) is 3.21. The number of rotatable bonds is 8. The smallest absolute Gasteiger partial charge is 0.355 e. The van der Waals surface area contributed by atoms with E-state index in [9.17, 15) is 14.4 Å². The Hall–Kier alpha value is -3.52. The molecule has 0 spiro atoms. The van der Waals surface area contributed by atoms with E-state index in [4.69, 9.17) is 9.47 Å². The van der Waals surface area contributed by atoms with Crippen LogP contribution in [0.4, 0.5) is 0 Å². The number of hydrogen-bond donors (Lipinski definition) is 1. The molecule has 2 amide bonds. The zero-order chi connectivity index (χ0) is 24.1. The van der Waals surface area contributed by atoms with Gasteiger partial charge in [0.1, 0.15) is 29.5 Å². The van der Waals surface area contributed by atoms with Crippen molar-refractivity contribution in [3.8, 4) is 5.75 Å². The number of benzene rings is 2. The van der Waals surface area contributed by atoms with E-state index in [0.29, 0.717) is 11.5 Å². The van der Waals surface area contributed by atoms with Crippen molar-refractivity contribution >= 4 is 29.5 Å². The van der Waals surface area contributed by atoms with Crippen LogP contribution in [0.1, 0.15) is 18.1 Å². The fraction of sp³-hybridized carbons (Fsp3) is 0.269. The van der Waals surface area contributed by atoms with Gasteiger partial charge in [0.25, 0.3) is 5.91 Å². The van der Waals surface area contributed by atoms with E-state index in [-0.39, 0.29) is 35.9 Å². The van der Waals surface area contributed by atoms with Crippen LogP contribution < -0.4 is 10.1 Å². The Balaban J connectivity index is 1.44. The molecule has 4 rings (SSSR count). The second-order valence-corrected chi connectivity index (χ2v) is 9.02. The minimum atomic E-state index is -0.669. The van der Waals surface area contributed by atoms with Crippen molar-refractivity contribution in [2.45, 2.75) is 31.4 Å². The summed E-state index contributed by atoms with van der Waals surface area (Å²) in [5, 5.41) is 2.49. The number of carbonyl (C=O) groups is 3. The largest absolute Gasteiger partial charge is 0.497 e. The van der Waals surface area contributed by atoms with E-state index in [1.165, 1.54) is 16.7 Å². The first kappa shape index (κ1) is 23.6. The third kappa shape index (κ3) is 5.02. The summed E-state index contributed by atoms with van der Waals surface area (Å²) in [6, 6.07) is 15.9. The Morgan fingerprint density at radius 2 is 1.85 bits per heavy atom. The van der Waals surface area contributed by atoms with Gasteiger partial charge in [-0.25, -0.2) is 4.79 Å². The predicted molar refractivity (Wildman–Crippen MR) is 130 cm³/mol. The lowest BCUT2D eigenvalue weighted by atomic mass is 10.0. The summed E-state index contributed by atoms with van der Waals surface area (Å²) < 4.78 is 10.7. The van der Waals surface area contributed by atoms with Crippen LogP contribution in [0.5, 0.6) is 5.75 Å². The Kier molecular flexibility index (Phi) is 7.37. The first-order chi connectivity index (χ1) is 16.5. The van der Waals surface area contributed by atoms with Crippen molar-refractivity contribution in [2.75, 3.05) is 12.9 Å². The summed E-state index contributed by atoms with van der Waals surface area (Å²) in [5.74, 6) is 0.161. The molecule has 8 heteroatoms. The van der Waals surface area contributed by atoms with Crippen LogP contribution in [-0.4, -0.2) is 47.0 Å². The lowest BCUT2D eigenvalue weighted by Gasteiger charge is -2.49. The third-order valence-electron chi connectivity index (χ3n) is 5.61. The first-order valence-electron chi connectivity index (χ1n) is 11.0. The van der Waals surface area contributed by atoms with Gasteiger partial charge in [0.15, 0.2) is 0 Å². The van der Waals surface area contributed by atoms with Crippen LogP contribution in [0, 0.1) is 0 Å². The van der Waals surface area contributed by atoms with Crippen molar-refractivity contribution in [3.63, 3.8) is 0 Å². The van der Waals surface area contributed by atoms with Gasteiger partial charge in [-0.15, -0.1) is 11.8 Å². The van der Waals surface area contributed by atoms with Gasteiger partial charge in [-0.05, 0) is 35.8 Å². The zero-order valence-corrected chi connectivity index (χ0v) is 19.8. The third-order valence-corrected chi connectivity index (χ3v) is 6.91. The normalized spacial score (nSPS) is 19.5. The summed E-state index contributed by atoms with van der Waals surface area (Å²) >= 11 is 1.52. The summed E-state index contributed by atoms with van der Waals surface area (Å²) in [5.41, 5.74) is 2.66. The second kappa shape index (κ2) is 10.6. The molecule has 0 aliphatic carbocycles. The summed E-state index contributed by atoms with van der Waals surface area (Å²) in [4.78, 5) is 40.0. The van der Waals surface area contributed by atoms with E-state index < -0.39 is 12.0 Å². The molecule has 1 fully saturated rings. The summed E-state index contributed by atoms with van der Waals surface area (Å²) in [7, 11) is 1.59. The zero-order valence-electron chi connectivity index (χ0n) is 19.0. The number of carbonyl (C=O) groups excluding carboxylic acids is 3. The molecule has 2 aromatic carbocycles. The standard InChI is InChI=1S/C26H26N2O5S/c1-3-7-19-16-34-25-22(27-21(29)14-17-8-5-4-6-9-17)24(30)28(25)23(19)26(31)33-15-18-10-12-20(32-2)13-11-18/h3-13,22,25H,14-16H2,1-2H3,(H,27,29)/b7-3+. The minimum absolute atomic E-state index is 0.0759. The highest BCUT2D eigenvalue weighted by molar-refractivity contribution is 8.00. The highest BCUT2D eigenvalue weighted by Crippen LogP contribution is 2.41. The maximum Gasteiger partial charge on any atom is 0.355 e. The van der Waals surface area contributed by atoms with Crippen LogP contribution in [0.15, 0.2) is 78.0 Å². The molecule has 176 valence electrons. The lowest BCUT2D eigenvalue weighted by molar-refractivity contribution is -0.153. The number of esters is 1. The number of fused-ring (bicyclic) bond motifs is 1. The summed E-state index contributed by atoms with van der Waals surface area (Å²) in [6.45, 7) is 1.93. The van der Waals surface area contributed by atoms with Gasteiger partial charge in [0, 0.05) is 5.75 Å². The quantitative estimate of drug-likeness (QED) is 0.463. The molecule has 0 bridgehead atoms. The van der Waals surface area contributed by atoms with Gasteiger partial charge in [0.2, 0.25) is 5.91 Å². The number of nitrogens with one attached hydrogen (secondary N) is 1. The fourth-order valence-electron chi connectivity index (χ4n) is 3.91. The van der Waals surface area contributed by atoms with Crippen LogP contribution in [0.3, 0.4) is 0 Å². The SMILES string of the molecule is C/C=C/C1=C(C(=O)OCc2ccc(OC)cc2)N2C(=O)C(NC(=O)Cc3ccccc3)C2SC1. The van der Waals surface area contributed by atoms with Gasteiger partial charge < -0.3 is 14.8 Å². The Bertz CT molecular complexity index is 1130. The number of nitrogens with zero attached hydrogens (tertiary/aromatic N) is 1. The topological polar surface area (TPSA) is 84.9 Å². The van der Waals surface area contributed by atoms with E-state index in [1.54, 1.807) is 19.2 Å². The number of amides is 2. The molecular formula is C26H26N2O5S. The molecule has 2 aliphatic heterocycles. The molecule has 2 heterocycles. The Morgan fingerprint density at radius 1 is 1.12 bits per heavy atom. The molecular weight excluding hydrogens is 452 g/mol. The van der Waals surface area contributed by atoms with Crippen molar-refractivity contribution in [1.29, 1.82) is 0 Å². The van der Waals surface area contributed by atoms with E-state index in [2.05, 4.69) is 5.32 Å². The lowest BCUT2D eigenvalue weighted by Crippen LogP contribution is -2.70. The highest BCUT2D eigenvalue weighted by Gasteiger charge is 2.54. The van der Waals surface area contributed by atoms with Crippen LogP contribution in [-0.2, 0) is 32.1 Å². The number of allylic oxidation sites excluding steroid dienone is 2. The fourth-order valence-corrected chi connectivity index (χ4v) is 5.22. The molecule has 0 aromatic heterocycles. The van der Waals surface area contributed by atoms with Crippen molar-refractivity contribution < 1.29 is 23.9 Å². The summed E-state index contributed by atoms with van der Waals surface area (Å²) in [6.07, 6.45) is 3.84.